The van der Waals surface area contributed by atoms with Gasteiger partial charge in [0.05, 0.1) is 0 Å². The molecule has 5 heteroatoms. The molecule has 0 aliphatic heterocycles. The monoisotopic (exact) mass is 232 g/mol. The summed E-state index contributed by atoms with van der Waals surface area (Å²) in [5, 5.41) is 8.75. The second-order valence-corrected chi connectivity index (χ2v) is 3.56. The second-order valence-electron chi connectivity index (χ2n) is 3.56. The van der Waals surface area contributed by atoms with Crippen LogP contribution in [0.5, 0.6) is 0 Å². The van der Waals surface area contributed by atoms with Gasteiger partial charge in [-0.1, -0.05) is 29.8 Å². The number of aryl methyl sites for hydroxylation is 1. The van der Waals surface area contributed by atoms with Crippen LogP contribution in [0.1, 0.15) is 16.1 Å². The van der Waals surface area contributed by atoms with Crippen molar-refractivity contribution in [3.05, 3.63) is 47.7 Å². The molecule has 86 valence electrons. The van der Waals surface area contributed by atoms with E-state index in [1.54, 1.807) is 24.3 Å². The minimum atomic E-state index is -1.40. The van der Waals surface area contributed by atoms with Crippen LogP contribution in [-0.4, -0.2) is 21.0 Å². The van der Waals surface area contributed by atoms with Gasteiger partial charge < -0.3 is 5.11 Å². The first-order chi connectivity index (χ1) is 8.09. The lowest BCUT2D eigenvalue weighted by atomic mass is 10.1. The molecule has 2 aromatic rings. The number of benzene rings is 1. The largest absolute Gasteiger partial charge is 0.476 e. The number of carboxylic acid groups (broad SMARTS) is 1. The van der Waals surface area contributed by atoms with Gasteiger partial charge in [0, 0.05) is 5.56 Å². The molecular formula is C12H9FN2O2. The Morgan fingerprint density at radius 3 is 2.47 bits per heavy atom. The standard InChI is InChI=1S/C12H9FN2O2/c1-7-2-4-8(5-3-7)10-9(13)11(12(16)17)15-6-14-10/h2-6H,1H3,(H,16,17). The summed E-state index contributed by atoms with van der Waals surface area (Å²) in [6, 6.07) is 6.98. The number of halogens is 1. The van der Waals surface area contributed by atoms with Crippen LogP contribution in [-0.2, 0) is 0 Å². The number of aromatic nitrogens is 2. The van der Waals surface area contributed by atoms with Gasteiger partial charge in [0.15, 0.2) is 11.5 Å². The van der Waals surface area contributed by atoms with Crippen molar-refractivity contribution in [1.82, 2.24) is 9.97 Å². The normalized spacial score (nSPS) is 10.2. The van der Waals surface area contributed by atoms with Gasteiger partial charge >= 0.3 is 5.97 Å². The number of aromatic carboxylic acids is 1. The SMILES string of the molecule is Cc1ccc(-c2ncnc(C(=O)O)c2F)cc1. The van der Waals surface area contributed by atoms with Crippen molar-refractivity contribution in [2.24, 2.45) is 0 Å². The highest BCUT2D eigenvalue weighted by Gasteiger charge is 2.17. The van der Waals surface area contributed by atoms with Crippen LogP contribution < -0.4 is 0 Å². The van der Waals surface area contributed by atoms with Crippen molar-refractivity contribution in [1.29, 1.82) is 0 Å². The van der Waals surface area contributed by atoms with Crippen molar-refractivity contribution in [2.45, 2.75) is 6.92 Å². The molecule has 0 atom stereocenters. The predicted molar refractivity (Wildman–Crippen MR) is 59.1 cm³/mol. The third-order valence-corrected chi connectivity index (χ3v) is 2.32. The summed E-state index contributed by atoms with van der Waals surface area (Å²) in [6.07, 6.45) is 1.04. The molecule has 0 bridgehead atoms. The van der Waals surface area contributed by atoms with Crippen LogP contribution in [0.4, 0.5) is 4.39 Å². The summed E-state index contributed by atoms with van der Waals surface area (Å²) >= 11 is 0. The lowest BCUT2D eigenvalue weighted by Gasteiger charge is -2.04. The molecule has 0 saturated carbocycles. The molecule has 0 radical (unpaired) electrons. The van der Waals surface area contributed by atoms with Crippen LogP contribution in [0.2, 0.25) is 0 Å². The van der Waals surface area contributed by atoms with E-state index in [4.69, 9.17) is 5.11 Å². The Kier molecular flexibility index (Phi) is 2.82. The van der Waals surface area contributed by atoms with E-state index in [1.807, 2.05) is 6.92 Å². The summed E-state index contributed by atoms with van der Waals surface area (Å²) in [7, 11) is 0. The summed E-state index contributed by atoms with van der Waals surface area (Å²) in [5.41, 5.74) is 0.938. The first-order valence-electron chi connectivity index (χ1n) is 4.90. The fourth-order valence-corrected chi connectivity index (χ4v) is 1.43. The third kappa shape index (κ3) is 2.13. The molecule has 17 heavy (non-hydrogen) atoms. The lowest BCUT2D eigenvalue weighted by molar-refractivity contribution is 0.0684. The molecule has 1 aromatic heterocycles. The van der Waals surface area contributed by atoms with Gasteiger partial charge in [-0.3, -0.25) is 0 Å². The Balaban J connectivity index is 2.56. The maximum absolute atomic E-state index is 13.8. The van der Waals surface area contributed by atoms with Crippen LogP contribution in [0.3, 0.4) is 0 Å². The summed E-state index contributed by atoms with van der Waals surface area (Å²) in [4.78, 5) is 17.9. The average Bonchev–Trinajstić information content (AvgIpc) is 2.30. The van der Waals surface area contributed by atoms with Gasteiger partial charge in [0.1, 0.15) is 12.0 Å². The van der Waals surface area contributed by atoms with Crippen molar-refractivity contribution >= 4 is 5.97 Å². The average molecular weight is 232 g/mol. The fourth-order valence-electron chi connectivity index (χ4n) is 1.43. The summed E-state index contributed by atoms with van der Waals surface area (Å²) < 4.78 is 13.8. The highest BCUT2D eigenvalue weighted by Crippen LogP contribution is 2.21. The molecule has 0 aliphatic rings. The van der Waals surface area contributed by atoms with E-state index in [-0.39, 0.29) is 5.69 Å². The van der Waals surface area contributed by atoms with Crippen LogP contribution >= 0.6 is 0 Å². The van der Waals surface area contributed by atoms with Crippen LogP contribution in [0.15, 0.2) is 30.6 Å². The molecule has 2 rings (SSSR count). The van der Waals surface area contributed by atoms with Crippen molar-refractivity contribution in [3.63, 3.8) is 0 Å². The quantitative estimate of drug-likeness (QED) is 0.862. The van der Waals surface area contributed by atoms with Crippen molar-refractivity contribution < 1.29 is 14.3 Å². The summed E-state index contributed by atoms with van der Waals surface area (Å²) in [5.74, 6) is -2.32. The molecule has 0 unspecified atom stereocenters. The lowest BCUT2D eigenvalue weighted by Crippen LogP contribution is -2.06. The second kappa shape index (κ2) is 4.29. The van der Waals surface area contributed by atoms with E-state index < -0.39 is 17.5 Å². The van der Waals surface area contributed by atoms with E-state index in [2.05, 4.69) is 9.97 Å². The summed E-state index contributed by atoms with van der Waals surface area (Å²) in [6.45, 7) is 1.91. The molecule has 1 heterocycles. The van der Waals surface area contributed by atoms with E-state index in [1.165, 1.54) is 0 Å². The zero-order chi connectivity index (χ0) is 12.4. The van der Waals surface area contributed by atoms with Crippen LogP contribution in [0.25, 0.3) is 11.3 Å². The molecule has 4 nitrogen and oxygen atoms in total. The number of hydrogen-bond donors (Lipinski definition) is 1. The van der Waals surface area contributed by atoms with Gasteiger partial charge in [-0.15, -0.1) is 0 Å². The number of nitrogens with zero attached hydrogens (tertiary/aromatic N) is 2. The number of carboxylic acids is 1. The van der Waals surface area contributed by atoms with Gasteiger partial charge in [-0.25, -0.2) is 19.2 Å². The van der Waals surface area contributed by atoms with E-state index >= 15 is 0 Å². The maximum Gasteiger partial charge on any atom is 0.357 e. The maximum atomic E-state index is 13.8. The zero-order valence-corrected chi connectivity index (χ0v) is 9.01. The van der Waals surface area contributed by atoms with Gasteiger partial charge in [-0.2, -0.15) is 0 Å². The molecule has 1 N–H and O–H groups in total. The van der Waals surface area contributed by atoms with E-state index in [0.29, 0.717) is 5.56 Å². The number of rotatable bonds is 2. The third-order valence-electron chi connectivity index (χ3n) is 2.32. The Morgan fingerprint density at radius 1 is 1.24 bits per heavy atom. The molecule has 0 saturated heterocycles. The highest BCUT2D eigenvalue weighted by molar-refractivity contribution is 5.87. The Labute approximate surface area is 96.8 Å². The molecule has 1 aromatic carbocycles. The smallest absolute Gasteiger partial charge is 0.357 e. The van der Waals surface area contributed by atoms with Crippen LogP contribution in [0, 0.1) is 12.7 Å². The topological polar surface area (TPSA) is 63.1 Å². The zero-order valence-electron chi connectivity index (χ0n) is 9.01. The molecule has 0 aliphatic carbocycles. The number of carbonyl (C=O) groups is 1. The fraction of sp³-hybridized carbons (Fsp3) is 0.0833. The Hall–Kier alpha value is -2.30. The predicted octanol–water partition coefficient (Wildman–Crippen LogP) is 2.29. The van der Waals surface area contributed by atoms with Gasteiger partial charge in [0.2, 0.25) is 0 Å². The van der Waals surface area contributed by atoms with Crippen molar-refractivity contribution in [3.8, 4) is 11.3 Å². The minimum absolute atomic E-state index is 0.00241. The molecular weight excluding hydrogens is 223 g/mol. The number of hydrogen-bond acceptors (Lipinski definition) is 3. The van der Waals surface area contributed by atoms with Gasteiger partial charge in [0.25, 0.3) is 0 Å². The first kappa shape index (κ1) is 11.2. The van der Waals surface area contributed by atoms with E-state index in [0.717, 1.165) is 11.9 Å². The van der Waals surface area contributed by atoms with E-state index in [9.17, 15) is 9.18 Å². The molecule has 0 spiro atoms. The minimum Gasteiger partial charge on any atom is -0.476 e. The first-order valence-corrected chi connectivity index (χ1v) is 4.90. The Bertz CT molecular complexity index is 567. The van der Waals surface area contributed by atoms with Crippen molar-refractivity contribution in [2.75, 3.05) is 0 Å². The Morgan fingerprint density at radius 2 is 1.88 bits per heavy atom. The highest BCUT2D eigenvalue weighted by atomic mass is 19.1. The van der Waals surface area contributed by atoms with Gasteiger partial charge in [-0.05, 0) is 6.92 Å². The molecule has 0 fully saturated rings. The molecule has 0 amide bonds.